The van der Waals surface area contributed by atoms with Crippen LogP contribution in [-0.2, 0) is 4.79 Å². The summed E-state index contributed by atoms with van der Waals surface area (Å²) in [5.41, 5.74) is 3.94. The topological polar surface area (TPSA) is 96.8 Å². The molecule has 1 aliphatic rings. The van der Waals surface area contributed by atoms with Crippen molar-refractivity contribution in [1.29, 1.82) is 0 Å². The van der Waals surface area contributed by atoms with Crippen LogP contribution in [0.15, 0.2) is 47.6 Å². The van der Waals surface area contributed by atoms with E-state index >= 15 is 0 Å². The molecule has 2 amide bonds. The fourth-order valence-electron chi connectivity index (χ4n) is 3.85. The number of hydrogen-bond donors (Lipinski definition) is 1. The molecule has 8 nitrogen and oxygen atoms in total. The van der Waals surface area contributed by atoms with Gasteiger partial charge in [0.25, 0.3) is 11.8 Å². The Bertz CT molecular complexity index is 1440. The van der Waals surface area contributed by atoms with Crippen molar-refractivity contribution < 1.29 is 23.1 Å². The van der Waals surface area contributed by atoms with Crippen LogP contribution in [-0.4, -0.2) is 53.6 Å². The Morgan fingerprint density at radius 3 is 2.71 bits per heavy atom. The van der Waals surface area contributed by atoms with Gasteiger partial charge >= 0.3 is 5.91 Å². The standard InChI is InChI=1S/C27H28F2N5O3P/c1-5-27(28,29)14-31-17-7-9-21-20(11-17)34(4)26(36)19(13-37-21)32-25(35)24-30-12-16(3)23(33-24)18-8-6-15(2)10-22(18)38/h6-12,31H,5,13-14,38H2,1-4H3. The molecule has 4 rings (SSSR count). The molecule has 0 spiro atoms. The van der Waals surface area contributed by atoms with Crippen LogP contribution in [0.5, 0.6) is 5.75 Å². The number of carbonyl (C=O) groups is 2. The van der Waals surface area contributed by atoms with Crippen molar-refractivity contribution >= 4 is 43.4 Å². The van der Waals surface area contributed by atoms with E-state index in [1.807, 2.05) is 32.0 Å². The molecule has 0 bridgehead atoms. The molecule has 2 aromatic carbocycles. The molecular formula is C27H28F2N5O3P. The van der Waals surface area contributed by atoms with Gasteiger partial charge in [0, 0.05) is 30.9 Å². The van der Waals surface area contributed by atoms with Crippen molar-refractivity contribution in [3.05, 3.63) is 59.5 Å². The largest absolute Gasteiger partial charge is 0.485 e. The number of anilines is 2. The first kappa shape index (κ1) is 27.3. The lowest BCUT2D eigenvalue weighted by atomic mass is 10.1. The average Bonchev–Trinajstić information content (AvgIpc) is 3.00. The summed E-state index contributed by atoms with van der Waals surface area (Å²) < 4.78 is 33.1. The Morgan fingerprint density at radius 2 is 2.00 bits per heavy atom. The number of amides is 2. The second kappa shape index (κ2) is 10.9. The molecule has 0 fully saturated rings. The quantitative estimate of drug-likeness (QED) is 0.468. The van der Waals surface area contributed by atoms with Crippen LogP contribution < -0.4 is 20.3 Å². The van der Waals surface area contributed by atoms with Gasteiger partial charge in [-0.05, 0) is 42.9 Å². The molecule has 0 aliphatic carbocycles. The van der Waals surface area contributed by atoms with Gasteiger partial charge in [-0.15, -0.1) is 9.24 Å². The number of fused-ring (bicyclic) bond motifs is 1. The summed E-state index contributed by atoms with van der Waals surface area (Å²) in [6.07, 6.45) is 1.25. The maximum absolute atomic E-state index is 13.7. The van der Waals surface area contributed by atoms with Gasteiger partial charge in [0.05, 0.1) is 17.9 Å². The smallest absolute Gasteiger partial charge is 0.315 e. The number of ether oxygens (including phenoxy) is 1. The lowest BCUT2D eigenvalue weighted by Crippen LogP contribution is -2.34. The molecule has 1 unspecified atom stereocenters. The number of aryl methyl sites for hydroxylation is 2. The molecule has 38 heavy (non-hydrogen) atoms. The number of rotatable bonds is 6. The number of alkyl halides is 2. The minimum absolute atomic E-state index is 0.131. The maximum atomic E-state index is 13.7. The molecule has 1 aliphatic heterocycles. The zero-order valence-corrected chi connectivity index (χ0v) is 22.7. The number of benzene rings is 2. The van der Waals surface area contributed by atoms with Crippen LogP contribution in [0.1, 0.15) is 35.1 Å². The lowest BCUT2D eigenvalue weighted by molar-refractivity contribution is -0.112. The van der Waals surface area contributed by atoms with Crippen LogP contribution in [0.2, 0.25) is 0 Å². The Kier molecular flexibility index (Phi) is 7.83. The Labute approximate surface area is 221 Å². The van der Waals surface area contributed by atoms with Gasteiger partial charge in [0.2, 0.25) is 5.82 Å². The molecule has 2 heterocycles. The van der Waals surface area contributed by atoms with Crippen molar-refractivity contribution in [3.63, 3.8) is 0 Å². The number of carbonyl (C=O) groups excluding carboxylic acids is 2. The lowest BCUT2D eigenvalue weighted by Gasteiger charge is -2.19. The van der Waals surface area contributed by atoms with Crippen LogP contribution in [0.25, 0.3) is 11.3 Å². The predicted molar refractivity (Wildman–Crippen MR) is 147 cm³/mol. The third-order valence-electron chi connectivity index (χ3n) is 6.17. The molecule has 1 aromatic heterocycles. The number of nitrogens with one attached hydrogen (secondary N) is 1. The summed E-state index contributed by atoms with van der Waals surface area (Å²) in [7, 11) is 4.17. The average molecular weight is 540 g/mol. The Balaban J connectivity index is 1.58. The first-order valence-electron chi connectivity index (χ1n) is 12.0. The number of hydrogen-bond acceptors (Lipinski definition) is 6. The van der Waals surface area contributed by atoms with Gasteiger partial charge in [0.15, 0.2) is 0 Å². The fraction of sp³-hybridized carbons (Fsp3) is 0.296. The highest BCUT2D eigenvalue weighted by atomic mass is 31.0. The van der Waals surface area contributed by atoms with Crippen molar-refractivity contribution in [2.45, 2.75) is 33.1 Å². The van der Waals surface area contributed by atoms with Crippen LogP contribution >= 0.6 is 9.24 Å². The van der Waals surface area contributed by atoms with Crippen molar-refractivity contribution in [2.75, 3.05) is 30.4 Å². The van der Waals surface area contributed by atoms with E-state index in [1.165, 1.54) is 18.9 Å². The van der Waals surface area contributed by atoms with E-state index in [0.29, 0.717) is 22.8 Å². The zero-order valence-electron chi connectivity index (χ0n) is 21.5. The van der Waals surface area contributed by atoms with Crippen molar-refractivity contribution in [1.82, 2.24) is 9.97 Å². The highest BCUT2D eigenvalue weighted by Crippen LogP contribution is 2.33. The minimum Gasteiger partial charge on any atom is -0.485 e. The van der Waals surface area contributed by atoms with Gasteiger partial charge in [-0.3, -0.25) is 9.59 Å². The monoisotopic (exact) mass is 539 g/mol. The van der Waals surface area contributed by atoms with Crippen LogP contribution in [0, 0.1) is 13.8 Å². The van der Waals surface area contributed by atoms with Crippen LogP contribution in [0.3, 0.4) is 0 Å². The molecule has 0 radical (unpaired) electrons. The normalized spacial score (nSPS) is 14.7. The zero-order chi connectivity index (χ0) is 27.6. The van der Waals surface area contributed by atoms with Gasteiger partial charge in [-0.2, -0.15) is 0 Å². The molecular weight excluding hydrogens is 511 g/mol. The number of aromatic nitrogens is 2. The van der Waals surface area contributed by atoms with E-state index in [1.54, 1.807) is 24.4 Å². The van der Waals surface area contributed by atoms with E-state index in [0.717, 1.165) is 22.0 Å². The highest BCUT2D eigenvalue weighted by molar-refractivity contribution is 7.28. The summed E-state index contributed by atoms with van der Waals surface area (Å²) in [6.45, 7) is 4.45. The van der Waals surface area contributed by atoms with Crippen molar-refractivity contribution in [3.8, 4) is 17.0 Å². The van der Waals surface area contributed by atoms with E-state index in [9.17, 15) is 18.4 Å². The molecule has 0 saturated heterocycles. The molecule has 198 valence electrons. The highest BCUT2D eigenvalue weighted by Gasteiger charge is 2.29. The number of nitrogens with zero attached hydrogens (tertiary/aromatic N) is 4. The van der Waals surface area contributed by atoms with Crippen LogP contribution in [0.4, 0.5) is 20.2 Å². The predicted octanol–water partition coefficient (Wildman–Crippen LogP) is 4.35. The van der Waals surface area contributed by atoms with Crippen molar-refractivity contribution in [2.24, 2.45) is 4.99 Å². The number of halogens is 2. The van der Waals surface area contributed by atoms with E-state index in [4.69, 9.17) is 4.74 Å². The molecule has 11 heteroatoms. The van der Waals surface area contributed by atoms with Gasteiger partial charge in [-0.25, -0.2) is 23.7 Å². The summed E-state index contributed by atoms with van der Waals surface area (Å²) in [5.74, 6) is -4.00. The first-order chi connectivity index (χ1) is 18.0. The SMILES string of the molecule is CCC(F)(F)CNc1ccc2c(c1)N(C)C(=O)C(=NC(=O)c1ncc(C)c(-c3ccc(C)cc3P)n1)CO2. The number of aliphatic imine (C=N–C) groups is 1. The van der Waals surface area contributed by atoms with E-state index < -0.39 is 24.3 Å². The second-order valence-electron chi connectivity index (χ2n) is 9.08. The third-order valence-corrected chi connectivity index (χ3v) is 6.64. The molecule has 0 saturated carbocycles. The Morgan fingerprint density at radius 1 is 1.24 bits per heavy atom. The summed E-state index contributed by atoms with van der Waals surface area (Å²) >= 11 is 0. The van der Waals surface area contributed by atoms with Gasteiger partial charge in [0.1, 0.15) is 18.1 Å². The maximum Gasteiger partial charge on any atom is 0.315 e. The second-order valence-corrected chi connectivity index (χ2v) is 9.70. The summed E-state index contributed by atoms with van der Waals surface area (Å²) in [5, 5.41) is 3.62. The first-order valence-corrected chi connectivity index (χ1v) is 12.6. The third kappa shape index (κ3) is 5.86. The van der Waals surface area contributed by atoms with E-state index in [-0.39, 0.29) is 24.6 Å². The summed E-state index contributed by atoms with van der Waals surface area (Å²) in [4.78, 5) is 40.0. The Hall–Kier alpha value is -3.78. The minimum atomic E-state index is -2.86. The summed E-state index contributed by atoms with van der Waals surface area (Å²) in [6, 6.07) is 10.6. The fourth-order valence-corrected chi connectivity index (χ4v) is 4.34. The van der Waals surface area contributed by atoms with Gasteiger partial charge < -0.3 is 15.0 Å². The molecule has 1 N–H and O–H groups in total. The molecule has 3 aromatic rings. The van der Waals surface area contributed by atoms with Gasteiger partial charge in [-0.1, -0.05) is 30.7 Å². The molecule has 1 atom stereocenters. The van der Waals surface area contributed by atoms with E-state index in [2.05, 4.69) is 29.5 Å².